The number of allylic oxidation sites excluding steroid dienone is 1. The number of hydrogen-bond acceptors (Lipinski definition) is 4. The van der Waals surface area contributed by atoms with Gasteiger partial charge >= 0.3 is 5.97 Å². The molecule has 166 valence electrons. The van der Waals surface area contributed by atoms with Crippen molar-refractivity contribution in [3.8, 4) is 6.07 Å². The first kappa shape index (κ1) is 22.1. The van der Waals surface area contributed by atoms with E-state index in [0.717, 1.165) is 44.9 Å². The van der Waals surface area contributed by atoms with Crippen molar-refractivity contribution >= 4 is 14.3 Å². The Bertz CT molecular complexity index is 795. The Morgan fingerprint density at radius 3 is 2.47 bits per heavy atom. The van der Waals surface area contributed by atoms with Crippen molar-refractivity contribution in [1.29, 1.82) is 5.26 Å². The summed E-state index contributed by atoms with van der Waals surface area (Å²) < 4.78 is 12.3. The molecular formula is C25H39NO3Si. The summed E-state index contributed by atoms with van der Waals surface area (Å²) in [6.45, 7) is 13.0. The molecule has 0 aromatic rings. The third-order valence-electron chi connectivity index (χ3n) is 9.17. The van der Waals surface area contributed by atoms with E-state index in [1.807, 2.05) is 0 Å². The lowest BCUT2D eigenvalue weighted by Gasteiger charge is -2.59. The maximum Gasteiger partial charge on any atom is 0.302 e. The van der Waals surface area contributed by atoms with Crippen LogP contribution in [0.15, 0.2) is 11.6 Å². The van der Waals surface area contributed by atoms with Gasteiger partial charge in [-0.25, -0.2) is 0 Å². The first-order valence-corrected chi connectivity index (χ1v) is 15.3. The third kappa shape index (κ3) is 3.30. The van der Waals surface area contributed by atoms with Gasteiger partial charge in [-0.15, -0.1) is 0 Å². The molecule has 0 aliphatic heterocycles. The largest absolute Gasteiger partial charge is 0.462 e. The SMILES string of the molecule is CC(=O)O[C@@H]1CC[C@@]2(C)C(=CC[C@H]3[C@H]2CC[C@@]2(C)[C@H]3CC[C@]2(C#N)O[Si](C)(C)C)C1. The lowest BCUT2D eigenvalue weighted by Crippen LogP contribution is -2.57. The Labute approximate surface area is 183 Å². The van der Waals surface area contributed by atoms with E-state index in [0.29, 0.717) is 17.8 Å². The van der Waals surface area contributed by atoms with Crippen LogP contribution in [-0.4, -0.2) is 26.0 Å². The van der Waals surface area contributed by atoms with E-state index < -0.39 is 13.9 Å². The normalized spacial score (nSPS) is 45.4. The van der Waals surface area contributed by atoms with E-state index in [1.165, 1.54) is 18.9 Å². The van der Waals surface area contributed by atoms with Gasteiger partial charge in [0.25, 0.3) is 0 Å². The van der Waals surface area contributed by atoms with Gasteiger partial charge in [-0.3, -0.25) is 4.79 Å². The molecule has 0 N–H and O–H groups in total. The summed E-state index contributed by atoms with van der Waals surface area (Å²) >= 11 is 0. The van der Waals surface area contributed by atoms with Gasteiger partial charge in [-0.1, -0.05) is 25.5 Å². The number of carbonyl (C=O) groups excluding carboxylic acids is 1. The number of nitrogens with zero attached hydrogens (tertiary/aromatic N) is 1. The predicted molar refractivity (Wildman–Crippen MR) is 120 cm³/mol. The first-order chi connectivity index (χ1) is 13.9. The van der Waals surface area contributed by atoms with Crippen LogP contribution < -0.4 is 0 Å². The monoisotopic (exact) mass is 429 g/mol. The van der Waals surface area contributed by atoms with Crippen LogP contribution in [0.3, 0.4) is 0 Å². The second-order valence-corrected chi connectivity index (χ2v) is 16.3. The number of ether oxygens (including phenoxy) is 1. The van der Waals surface area contributed by atoms with E-state index >= 15 is 0 Å². The molecule has 4 rings (SSSR count). The summed E-state index contributed by atoms with van der Waals surface area (Å²) in [6.07, 6.45) is 10.9. The summed E-state index contributed by atoms with van der Waals surface area (Å²) in [5.74, 6) is 1.72. The zero-order valence-corrected chi connectivity index (χ0v) is 20.7. The van der Waals surface area contributed by atoms with Crippen LogP contribution in [0.25, 0.3) is 0 Å². The molecule has 0 unspecified atom stereocenters. The molecule has 0 radical (unpaired) electrons. The summed E-state index contributed by atoms with van der Waals surface area (Å²) in [6, 6.07) is 2.71. The minimum absolute atomic E-state index is 0.0418. The first-order valence-electron chi connectivity index (χ1n) is 11.9. The average molecular weight is 430 g/mol. The molecule has 30 heavy (non-hydrogen) atoms. The number of rotatable bonds is 3. The van der Waals surface area contributed by atoms with Gasteiger partial charge in [0.1, 0.15) is 11.7 Å². The van der Waals surface area contributed by atoms with Crippen molar-refractivity contribution in [2.45, 2.75) is 103 Å². The fourth-order valence-corrected chi connectivity index (χ4v) is 9.28. The summed E-state index contributed by atoms with van der Waals surface area (Å²) in [5.41, 5.74) is 1.09. The molecule has 5 heteroatoms. The lowest BCUT2D eigenvalue weighted by molar-refractivity contribution is -0.149. The topological polar surface area (TPSA) is 59.3 Å². The van der Waals surface area contributed by atoms with Gasteiger partial charge in [-0.2, -0.15) is 5.26 Å². The standard InChI is InChI=1S/C25H39NO3Si/c1-17(27)28-19-9-12-23(2)18(15-19)7-8-20-21(23)10-13-24(3)22(20)11-14-25(24,16-26)29-30(4,5)6/h7,19-22H,8-15H2,1-6H3/t19-,20+,21-,22+,23+,24+,25-/m1/s1. The highest BCUT2D eigenvalue weighted by Gasteiger charge is 2.65. The fraction of sp³-hybridized carbons (Fsp3) is 0.840. The maximum atomic E-state index is 11.5. The Hall–Kier alpha value is -1.12. The molecular weight excluding hydrogens is 390 g/mol. The zero-order chi connectivity index (χ0) is 21.9. The van der Waals surface area contributed by atoms with Crippen LogP contribution in [-0.2, 0) is 14.0 Å². The summed E-state index contributed by atoms with van der Waals surface area (Å²) in [5, 5.41) is 10.3. The van der Waals surface area contributed by atoms with E-state index in [9.17, 15) is 10.1 Å². The number of nitriles is 1. The molecule has 0 heterocycles. The van der Waals surface area contributed by atoms with Gasteiger partial charge in [0.15, 0.2) is 8.32 Å². The Balaban J connectivity index is 1.61. The minimum Gasteiger partial charge on any atom is -0.462 e. The highest BCUT2D eigenvalue weighted by atomic mass is 28.4. The van der Waals surface area contributed by atoms with Crippen molar-refractivity contribution in [1.82, 2.24) is 0 Å². The third-order valence-corrected chi connectivity index (χ3v) is 10.1. The second kappa shape index (κ2) is 7.20. The number of fused-ring (bicyclic) bond motifs is 5. The number of carbonyl (C=O) groups is 1. The highest BCUT2D eigenvalue weighted by Crippen LogP contribution is 2.68. The molecule has 3 fully saturated rings. The van der Waals surface area contributed by atoms with Crippen LogP contribution in [0.2, 0.25) is 19.6 Å². The van der Waals surface area contributed by atoms with Gasteiger partial charge < -0.3 is 9.16 Å². The number of hydrogen-bond donors (Lipinski definition) is 0. The fourth-order valence-electron chi connectivity index (χ4n) is 7.86. The Morgan fingerprint density at radius 2 is 1.83 bits per heavy atom. The molecule has 0 saturated heterocycles. The molecule has 0 bridgehead atoms. The van der Waals surface area contributed by atoms with Gasteiger partial charge in [0, 0.05) is 18.8 Å². The highest BCUT2D eigenvalue weighted by molar-refractivity contribution is 6.69. The van der Waals surface area contributed by atoms with Crippen LogP contribution in [0, 0.1) is 39.9 Å². The van der Waals surface area contributed by atoms with Crippen LogP contribution in [0.4, 0.5) is 0 Å². The van der Waals surface area contributed by atoms with Gasteiger partial charge in [0.05, 0.1) is 6.07 Å². The minimum atomic E-state index is -1.82. The lowest BCUT2D eigenvalue weighted by atomic mass is 9.47. The molecule has 0 spiro atoms. The van der Waals surface area contributed by atoms with Crippen molar-refractivity contribution in [2.75, 3.05) is 0 Å². The quantitative estimate of drug-likeness (QED) is 0.314. The molecule has 0 aromatic heterocycles. The molecule has 4 nitrogen and oxygen atoms in total. The molecule has 7 atom stereocenters. The van der Waals surface area contributed by atoms with Gasteiger partial charge in [-0.05, 0) is 87.8 Å². The molecule has 0 aromatic carbocycles. The Kier molecular flexibility index (Phi) is 5.30. The Morgan fingerprint density at radius 1 is 1.13 bits per heavy atom. The van der Waals surface area contributed by atoms with E-state index in [-0.39, 0.29) is 22.9 Å². The summed E-state index contributed by atoms with van der Waals surface area (Å²) in [7, 11) is -1.82. The summed E-state index contributed by atoms with van der Waals surface area (Å²) in [4.78, 5) is 11.5. The van der Waals surface area contributed by atoms with Crippen molar-refractivity contribution in [2.24, 2.45) is 28.6 Å². The van der Waals surface area contributed by atoms with Crippen LogP contribution in [0.1, 0.15) is 72.1 Å². The molecule has 4 aliphatic carbocycles. The smallest absolute Gasteiger partial charge is 0.302 e. The van der Waals surface area contributed by atoms with E-state index in [4.69, 9.17) is 9.16 Å². The average Bonchev–Trinajstić information content (AvgIpc) is 2.93. The van der Waals surface area contributed by atoms with Crippen molar-refractivity contribution in [3.05, 3.63) is 11.6 Å². The zero-order valence-electron chi connectivity index (χ0n) is 19.7. The molecule has 0 amide bonds. The van der Waals surface area contributed by atoms with Crippen molar-refractivity contribution in [3.63, 3.8) is 0 Å². The number of esters is 1. The van der Waals surface area contributed by atoms with E-state index in [1.54, 1.807) is 0 Å². The van der Waals surface area contributed by atoms with Crippen LogP contribution >= 0.6 is 0 Å². The molecule has 4 aliphatic rings. The van der Waals surface area contributed by atoms with E-state index in [2.05, 4.69) is 45.6 Å². The van der Waals surface area contributed by atoms with Crippen LogP contribution in [0.5, 0.6) is 0 Å². The maximum absolute atomic E-state index is 11.5. The predicted octanol–water partition coefficient (Wildman–Crippen LogP) is 5.99. The van der Waals surface area contributed by atoms with Gasteiger partial charge in [0.2, 0.25) is 0 Å². The van der Waals surface area contributed by atoms with Crippen molar-refractivity contribution < 1.29 is 14.0 Å². The molecule has 3 saturated carbocycles. The second-order valence-electron chi connectivity index (χ2n) is 11.9.